The Morgan fingerprint density at radius 2 is 1.60 bits per heavy atom. The van der Waals surface area contributed by atoms with Crippen LogP contribution < -0.4 is 5.32 Å². The van der Waals surface area contributed by atoms with E-state index in [0.717, 1.165) is 17.7 Å². The van der Waals surface area contributed by atoms with Crippen LogP contribution in [0.3, 0.4) is 0 Å². The Hall–Kier alpha value is -1.09. The minimum atomic E-state index is -0.0987. The van der Waals surface area contributed by atoms with Gasteiger partial charge in [-0.25, -0.2) is 0 Å². The molecule has 2 rings (SSSR count). The Morgan fingerprint density at radius 3 is 2.10 bits per heavy atom. The summed E-state index contributed by atoms with van der Waals surface area (Å²) < 4.78 is 0. The molecule has 0 amide bonds. The van der Waals surface area contributed by atoms with E-state index in [-0.39, 0.29) is 21.8 Å². The molecule has 0 bridgehead atoms. The summed E-state index contributed by atoms with van der Waals surface area (Å²) in [6, 6.07) is 11.1. The zero-order valence-corrected chi connectivity index (χ0v) is 13.1. The SMILES string of the molecule is CCC(Nc1cc(Cl)c(O)c(Cl)c1)c1ccc(Cl)cc1. The number of hydrogen-bond acceptors (Lipinski definition) is 2. The molecule has 1 atom stereocenters. The third kappa shape index (κ3) is 3.51. The van der Waals surface area contributed by atoms with Gasteiger partial charge in [0.1, 0.15) is 0 Å². The van der Waals surface area contributed by atoms with Crippen LogP contribution in [0.2, 0.25) is 15.1 Å². The van der Waals surface area contributed by atoms with Crippen molar-refractivity contribution in [2.75, 3.05) is 5.32 Å². The second-order valence-corrected chi connectivity index (χ2v) is 5.70. The first kappa shape index (κ1) is 15.3. The van der Waals surface area contributed by atoms with Crippen LogP contribution in [0.1, 0.15) is 24.9 Å². The van der Waals surface area contributed by atoms with Crippen molar-refractivity contribution in [2.24, 2.45) is 0 Å². The maximum atomic E-state index is 9.56. The summed E-state index contributed by atoms with van der Waals surface area (Å²) in [5, 5.41) is 14.1. The molecule has 2 N–H and O–H groups in total. The molecule has 0 heterocycles. The number of halogens is 3. The number of hydrogen-bond donors (Lipinski definition) is 2. The van der Waals surface area contributed by atoms with Gasteiger partial charge >= 0.3 is 0 Å². The molecule has 20 heavy (non-hydrogen) atoms. The smallest absolute Gasteiger partial charge is 0.152 e. The maximum Gasteiger partial charge on any atom is 0.152 e. The van der Waals surface area contributed by atoms with Crippen LogP contribution in [0.5, 0.6) is 5.75 Å². The van der Waals surface area contributed by atoms with Crippen molar-refractivity contribution in [2.45, 2.75) is 19.4 Å². The fraction of sp³-hybridized carbons (Fsp3) is 0.200. The molecule has 2 aromatic rings. The zero-order chi connectivity index (χ0) is 14.7. The standard InChI is InChI=1S/C15H14Cl3NO/c1-2-14(9-3-5-10(16)6-4-9)19-11-7-12(17)15(20)13(18)8-11/h3-8,14,19-20H,2H2,1H3. The molecule has 0 radical (unpaired) electrons. The van der Waals surface area contributed by atoms with Crippen molar-refractivity contribution in [3.05, 3.63) is 57.0 Å². The molecule has 1 unspecified atom stereocenters. The molecule has 2 nitrogen and oxygen atoms in total. The van der Waals surface area contributed by atoms with Crippen LogP contribution >= 0.6 is 34.8 Å². The zero-order valence-electron chi connectivity index (χ0n) is 10.8. The average molecular weight is 331 g/mol. The topological polar surface area (TPSA) is 32.3 Å². The van der Waals surface area contributed by atoms with Crippen LogP contribution in [0.4, 0.5) is 5.69 Å². The minimum Gasteiger partial charge on any atom is -0.505 e. The molecule has 0 spiro atoms. The van der Waals surface area contributed by atoms with Gasteiger partial charge in [0.05, 0.1) is 16.1 Å². The summed E-state index contributed by atoms with van der Waals surface area (Å²) in [7, 11) is 0. The van der Waals surface area contributed by atoms with Crippen molar-refractivity contribution < 1.29 is 5.11 Å². The van der Waals surface area contributed by atoms with Gasteiger partial charge in [-0.2, -0.15) is 0 Å². The molecular weight excluding hydrogens is 317 g/mol. The van der Waals surface area contributed by atoms with Gasteiger partial charge < -0.3 is 10.4 Å². The van der Waals surface area contributed by atoms with Crippen LogP contribution in [0.25, 0.3) is 0 Å². The van der Waals surface area contributed by atoms with Gasteiger partial charge in [0.25, 0.3) is 0 Å². The van der Waals surface area contributed by atoms with E-state index < -0.39 is 0 Å². The lowest BCUT2D eigenvalue weighted by Crippen LogP contribution is -2.09. The van der Waals surface area contributed by atoms with Gasteiger partial charge in [0.2, 0.25) is 0 Å². The fourth-order valence-corrected chi connectivity index (χ4v) is 2.58. The maximum absolute atomic E-state index is 9.56. The Morgan fingerprint density at radius 1 is 1.05 bits per heavy atom. The quantitative estimate of drug-likeness (QED) is 0.682. The summed E-state index contributed by atoms with van der Waals surface area (Å²) in [5.41, 5.74) is 1.89. The van der Waals surface area contributed by atoms with E-state index in [1.54, 1.807) is 12.1 Å². The number of rotatable bonds is 4. The van der Waals surface area contributed by atoms with Gasteiger partial charge in [0, 0.05) is 10.7 Å². The molecular formula is C15H14Cl3NO. The number of phenols is 1. The number of aromatic hydroxyl groups is 1. The lowest BCUT2D eigenvalue weighted by Gasteiger charge is -2.19. The molecule has 2 aromatic carbocycles. The van der Waals surface area contributed by atoms with E-state index in [0.29, 0.717) is 5.02 Å². The predicted molar refractivity (Wildman–Crippen MR) is 86.2 cm³/mol. The molecule has 0 fully saturated rings. The lowest BCUT2D eigenvalue weighted by molar-refractivity contribution is 0.476. The Labute approximate surface area is 133 Å². The predicted octanol–water partition coefficient (Wildman–Crippen LogP) is 5.92. The van der Waals surface area contributed by atoms with Crippen LogP contribution in [0, 0.1) is 0 Å². The van der Waals surface area contributed by atoms with E-state index >= 15 is 0 Å². The number of nitrogens with one attached hydrogen (secondary N) is 1. The van der Waals surface area contributed by atoms with Crippen molar-refractivity contribution in [3.8, 4) is 5.75 Å². The van der Waals surface area contributed by atoms with Crippen molar-refractivity contribution in [1.82, 2.24) is 0 Å². The van der Waals surface area contributed by atoms with E-state index in [9.17, 15) is 5.11 Å². The largest absolute Gasteiger partial charge is 0.505 e. The molecule has 106 valence electrons. The lowest BCUT2D eigenvalue weighted by atomic mass is 10.0. The van der Waals surface area contributed by atoms with Gasteiger partial charge in [-0.3, -0.25) is 0 Å². The molecule has 0 aliphatic rings. The first-order valence-electron chi connectivity index (χ1n) is 6.21. The average Bonchev–Trinajstić information content (AvgIpc) is 2.43. The van der Waals surface area contributed by atoms with Crippen molar-refractivity contribution >= 4 is 40.5 Å². The van der Waals surface area contributed by atoms with E-state index in [4.69, 9.17) is 34.8 Å². The van der Waals surface area contributed by atoms with Gasteiger partial charge in [-0.1, -0.05) is 53.9 Å². The Balaban J connectivity index is 2.24. The van der Waals surface area contributed by atoms with Crippen LogP contribution in [0.15, 0.2) is 36.4 Å². The van der Waals surface area contributed by atoms with E-state index in [1.165, 1.54) is 0 Å². The van der Waals surface area contributed by atoms with E-state index in [1.807, 2.05) is 24.3 Å². The second-order valence-electron chi connectivity index (χ2n) is 4.45. The highest BCUT2D eigenvalue weighted by Crippen LogP contribution is 2.36. The Bertz CT molecular complexity index is 576. The molecule has 5 heteroatoms. The van der Waals surface area contributed by atoms with Crippen LogP contribution in [-0.2, 0) is 0 Å². The van der Waals surface area contributed by atoms with Gasteiger partial charge in [0.15, 0.2) is 5.75 Å². The molecule has 0 aromatic heterocycles. The third-order valence-corrected chi connectivity index (χ3v) is 3.87. The molecule has 0 aliphatic carbocycles. The monoisotopic (exact) mass is 329 g/mol. The van der Waals surface area contributed by atoms with Crippen molar-refractivity contribution in [1.29, 1.82) is 0 Å². The summed E-state index contributed by atoms with van der Waals surface area (Å²) in [5.74, 6) is -0.0987. The molecule has 0 saturated carbocycles. The van der Waals surface area contributed by atoms with E-state index in [2.05, 4.69) is 12.2 Å². The highest BCUT2D eigenvalue weighted by Gasteiger charge is 2.12. The van der Waals surface area contributed by atoms with Gasteiger partial charge in [-0.05, 0) is 36.2 Å². The van der Waals surface area contributed by atoms with Gasteiger partial charge in [-0.15, -0.1) is 0 Å². The molecule has 0 saturated heterocycles. The highest BCUT2D eigenvalue weighted by atomic mass is 35.5. The minimum absolute atomic E-state index is 0.0987. The summed E-state index contributed by atoms with van der Waals surface area (Å²) >= 11 is 17.7. The van der Waals surface area contributed by atoms with Crippen molar-refractivity contribution in [3.63, 3.8) is 0 Å². The third-order valence-electron chi connectivity index (χ3n) is 3.04. The normalized spacial score (nSPS) is 12.2. The number of benzene rings is 2. The highest BCUT2D eigenvalue weighted by molar-refractivity contribution is 6.37. The number of anilines is 1. The first-order valence-corrected chi connectivity index (χ1v) is 7.34. The number of phenolic OH excluding ortho intramolecular Hbond substituents is 1. The Kier molecular flexibility index (Phi) is 5.03. The second kappa shape index (κ2) is 6.57. The first-order chi connectivity index (χ1) is 9.51. The van der Waals surface area contributed by atoms with Crippen LogP contribution in [-0.4, -0.2) is 5.11 Å². The summed E-state index contributed by atoms with van der Waals surface area (Å²) in [6.45, 7) is 2.08. The summed E-state index contributed by atoms with van der Waals surface area (Å²) in [4.78, 5) is 0. The summed E-state index contributed by atoms with van der Waals surface area (Å²) in [6.07, 6.45) is 0.887. The fourth-order valence-electron chi connectivity index (χ4n) is 1.97. The molecule has 0 aliphatic heterocycles.